The highest BCUT2D eigenvalue weighted by Gasteiger charge is 2.21. The van der Waals surface area contributed by atoms with Gasteiger partial charge >= 0.3 is 5.69 Å². The third kappa shape index (κ3) is 2.31. The van der Waals surface area contributed by atoms with Gasteiger partial charge in [0, 0.05) is 0 Å². The first-order chi connectivity index (χ1) is 9.04. The Morgan fingerprint density at radius 2 is 2.11 bits per heavy atom. The summed E-state index contributed by atoms with van der Waals surface area (Å²) in [5, 5.41) is 24.1. The van der Waals surface area contributed by atoms with Gasteiger partial charge in [-0.3, -0.25) is 14.8 Å². The molecule has 1 heterocycles. The molecule has 0 saturated heterocycles. The van der Waals surface area contributed by atoms with Crippen molar-refractivity contribution in [2.45, 2.75) is 20.4 Å². The highest BCUT2D eigenvalue weighted by molar-refractivity contribution is 5.41. The zero-order chi connectivity index (χ0) is 14.0. The standard InChI is InChI=1S/C13H12N4O2/c1-9-13(17(18)19)10(2)16(15-9)8-12-6-4-3-5-11(12)7-14/h3-6H,8H2,1-2H3. The van der Waals surface area contributed by atoms with E-state index in [4.69, 9.17) is 5.26 Å². The zero-order valence-corrected chi connectivity index (χ0v) is 10.6. The van der Waals surface area contributed by atoms with E-state index in [0.29, 0.717) is 23.5 Å². The number of rotatable bonds is 3. The Labute approximate surface area is 110 Å². The van der Waals surface area contributed by atoms with E-state index in [-0.39, 0.29) is 5.69 Å². The van der Waals surface area contributed by atoms with Gasteiger partial charge in [0.1, 0.15) is 11.4 Å². The molecule has 0 spiro atoms. The summed E-state index contributed by atoms with van der Waals surface area (Å²) in [6.07, 6.45) is 0. The van der Waals surface area contributed by atoms with Crippen molar-refractivity contribution in [1.29, 1.82) is 5.26 Å². The smallest absolute Gasteiger partial charge is 0.258 e. The van der Waals surface area contributed by atoms with E-state index in [1.165, 1.54) is 0 Å². The first kappa shape index (κ1) is 12.8. The number of nitrogens with zero attached hydrogens (tertiary/aromatic N) is 4. The molecule has 0 saturated carbocycles. The highest BCUT2D eigenvalue weighted by Crippen LogP contribution is 2.23. The monoisotopic (exact) mass is 256 g/mol. The van der Waals surface area contributed by atoms with Crippen molar-refractivity contribution in [3.8, 4) is 6.07 Å². The minimum Gasteiger partial charge on any atom is -0.258 e. The summed E-state index contributed by atoms with van der Waals surface area (Å²) in [5.74, 6) is 0. The number of nitro groups is 1. The van der Waals surface area contributed by atoms with Crippen LogP contribution in [0.2, 0.25) is 0 Å². The Morgan fingerprint density at radius 3 is 2.68 bits per heavy atom. The van der Waals surface area contributed by atoms with Crippen molar-refractivity contribution in [3.05, 3.63) is 56.9 Å². The molecule has 6 nitrogen and oxygen atoms in total. The average molecular weight is 256 g/mol. The van der Waals surface area contributed by atoms with Crippen LogP contribution in [0, 0.1) is 35.3 Å². The number of hydrogen-bond donors (Lipinski definition) is 0. The van der Waals surface area contributed by atoms with E-state index < -0.39 is 4.92 Å². The summed E-state index contributed by atoms with van der Waals surface area (Å²) in [6.45, 7) is 3.62. The van der Waals surface area contributed by atoms with E-state index in [1.54, 1.807) is 30.7 Å². The molecule has 96 valence electrons. The fraction of sp³-hybridized carbons (Fsp3) is 0.231. The molecule has 2 rings (SSSR count). The summed E-state index contributed by atoms with van der Waals surface area (Å²) in [6, 6.07) is 9.26. The number of hydrogen-bond acceptors (Lipinski definition) is 4. The molecule has 0 amide bonds. The summed E-state index contributed by atoms with van der Waals surface area (Å²) in [4.78, 5) is 10.5. The maximum Gasteiger partial charge on any atom is 0.312 e. The van der Waals surface area contributed by atoms with Gasteiger partial charge in [-0.25, -0.2) is 0 Å². The average Bonchev–Trinajstić information content (AvgIpc) is 2.65. The zero-order valence-electron chi connectivity index (χ0n) is 10.6. The molecule has 6 heteroatoms. The molecule has 1 aromatic heterocycles. The van der Waals surface area contributed by atoms with Gasteiger partial charge in [-0.1, -0.05) is 18.2 Å². The summed E-state index contributed by atoms with van der Waals surface area (Å²) < 4.78 is 1.56. The van der Waals surface area contributed by atoms with Gasteiger partial charge in [-0.15, -0.1) is 0 Å². The van der Waals surface area contributed by atoms with Crippen LogP contribution in [0.5, 0.6) is 0 Å². The van der Waals surface area contributed by atoms with Crippen LogP contribution >= 0.6 is 0 Å². The Morgan fingerprint density at radius 1 is 1.42 bits per heavy atom. The summed E-state index contributed by atoms with van der Waals surface area (Å²) in [7, 11) is 0. The normalized spacial score (nSPS) is 10.2. The Kier molecular flexibility index (Phi) is 3.29. The maximum absolute atomic E-state index is 10.9. The van der Waals surface area contributed by atoms with Crippen molar-refractivity contribution in [1.82, 2.24) is 9.78 Å². The lowest BCUT2D eigenvalue weighted by molar-refractivity contribution is -0.386. The molecular weight excluding hydrogens is 244 g/mol. The second kappa shape index (κ2) is 4.90. The summed E-state index contributed by atoms with van der Waals surface area (Å²) >= 11 is 0. The third-order valence-corrected chi connectivity index (χ3v) is 2.98. The predicted octanol–water partition coefficient (Wildman–Crippen LogP) is 2.33. The molecule has 0 atom stereocenters. The Balaban J connectivity index is 2.43. The Bertz CT molecular complexity index is 682. The first-order valence-electron chi connectivity index (χ1n) is 5.71. The van der Waals surface area contributed by atoms with Crippen LogP contribution in [-0.4, -0.2) is 14.7 Å². The third-order valence-electron chi connectivity index (χ3n) is 2.98. The fourth-order valence-corrected chi connectivity index (χ4v) is 2.03. The van der Waals surface area contributed by atoms with Crippen molar-refractivity contribution >= 4 is 5.69 Å². The molecule has 0 aliphatic heterocycles. The molecule has 0 aliphatic carbocycles. The number of aryl methyl sites for hydroxylation is 1. The van der Waals surface area contributed by atoms with Gasteiger partial charge in [0.05, 0.1) is 23.1 Å². The highest BCUT2D eigenvalue weighted by atomic mass is 16.6. The number of aromatic nitrogens is 2. The SMILES string of the molecule is Cc1nn(Cc2ccccc2C#N)c(C)c1[N+](=O)[O-]. The van der Waals surface area contributed by atoms with Crippen LogP contribution in [0.15, 0.2) is 24.3 Å². The lowest BCUT2D eigenvalue weighted by atomic mass is 10.1. The molecule has 0 bridgehead atoms. The van der Waals surface area contributed by atoms with E-state index in [0.717, 1.165) is 5.56 Å². The van der Waals surface area contributed by atoms with E-state index in [1.807, 2.05) is 12.1 Å². The Hall–Kier alpha value is -2.68. The van der Waals surface area contributed by atoms with Crippen molar-refractivity contribution < 1.29 is 4.92 Å². The molecule has 0 N–H and O–H groups in total. The fourth-order valence-electron chi connectivity index (χ4n) is 2.03. The molecule has 19 heavy (non-hydrogen) atoms. The van der Waals surface area contributed by atoms with E-state index in [9.17, 15) is 10.1 Å². The molecule has 0 unspecified atom stereocenters. The summed E-state index contributed by atoms with van der Waals surface area (Å²) in [5.41, 5.74) is 2.27. The van der Waals surface area contributed by atoms with Gasteiger partial charge < -0.3 is 0 Å². The molecule has 1 aromatic carbocycles. The van der Waals surface area contributed by atoms with Gasteiger partial charge in [0.2, 0.25) is 0 Å². The van der Waals surface area contributed by atoms with Crippen molar-refractivity contribution in [3.63, 3.8) is 0 Å². The quantitative estimate of drug-likeness (QED) is 0.623. The topological polar surface area (TPSA) is 84.8 Å². The largest absolute Gasteiger partial charge is 0.312 e. The minimum absolute atomic E-state index is 0.0365. The second-order valence-corrected chi connectivity index (χ2v) is 4.20. The van der Waals surface area contributed by atoms with Crippen LogP contribution in [0.3, 0.4) is 0 Å². The van der Waals surface area contributed by atoms with E-state index >= 15 is 0 Å². The molecule has 0 aliphatic rings. The van der Waals surface area contributed by atoms with Gasteiger partial charge in [0.25, 0.3) is 0 Å². The van der Waals surface area contributed by atoms with Gasteiger partial charge in [-0.2, -0.15) is 10.4 Å². The molecule has 2 aromatic rings. The number of nitriles is 1. The van der Waals surface area contributed by atoms with Crippen LogP contribution in [0.25, 0.3) is 0 Å². The van der Waals surface area contributed by atoms with Crippen molar-refractivity contribution in [2.24, 2.45) is 0 Å². The van der Waals surface area contributed by atoms with E-state index in [2.05, 4.69) is 11.2 Å². The van der Waals surface area contributed by atoms with Crippen LogP contribution in [-0.2, 0) is 6.54 Å². The van der Waals surface area contributed by atoms with Crippen LogP contribution in [0.4, 0.5) is 5.69 Å². The second-order valence-electron chi connectivity index (χ2n) is 4.20. The maximum atomic E-state index is 10.9. The molecule has 0 fully saturated rings. The lowest BCUT2D eigenvalue weighted by Gasteiger charge is -2.05. The minimum atomic E-state index is -0.426. The molecular formula is C13H12N4O2. The van der Waals surface area contributed by atoms with Crippen LogP contribution in [0.1, 0.15) is 22.5 Å². The molecule has 0 radical (unpaired) electrons. The van der Waals surface area contributed by atoms with Gasteiger partial charge in [-0.05, 0) is 25.5 Å². The lowest BCUT2D eigenvalue weighted by Crippen LogP contribution is -2.05. The number of benzene rings is 1. The van der Waals surface area contributed by atoms with Gasteiger partial charge in [0.15, 0.2) is 0 Å². The predicted molar refractivity (Wildman–Crippen MR) is 68.6 cm³/mol. The van der Waals surface area contributed by atoms with Crippen LogP contribution < -0.4 is 0 Å². The first-order valence-corrected chi connectivity index (χ1v) is 5.71. The van der Waals surface area contributed by atoms with Crippen molar-refractivity contribution in [2.75, 3.05) is 0 Å².